The minimum atomic E-state index is -0.614. The summed E-state index contributed by atoms with van der Waals surface area (Å²) in [4.78, 5) is 44.0. The van der Waals surface area contributed by atoms with Crippen molar-refractivity contribution in [2.45, 2.75) is 26.3 Å². The van der Waals surface area contributed by atoms with E-state index in [1.54, 1.807) is 19.4 Å². The first-order valence-corrected chi connectivity index (χ1v) is 10.2. The lowest BCUT2D eigenvalue weighted by Crippen LogP contribution is -2.62. The summed E-state index contributed by atoms with van der Waals surface area (Å²) in [5, 5.41) is 5.24. The molecule has 2 aromatic rings. The van der Waals surface area contributed by atoms with Crippen molar-refractivity contribution in [3.63, 3.8) is 0 Å². The molecule has 2 fully saturated rings. The highest BCUT2D eigenvalue weighted by atomic mass is 16.2. The topological polar surface area (TPSA) is 78.8 Å². The van der Waals surface area contributed by atoms with Crippen molar-refractivity contribution in [1.82, 2.24) is 24.5 Å². The lowest BCUT2D eigenvalue weighted by atomic mass is 10.1. The van der Waals surface area contributed by atoms with Crippen molar-refractivity contribution < 1.29 is 14.4 Å². The van der Waals surface area contributed by atoms with E-state index in [0.29, 0.717) is 31.7 Å². The van der Waals surface area contributed by atoms with Gasteiger partial charge in [0.05, 0.1) is 18.6 Å². The van der Waals surface area contributed by atoms with Gasteiger partial charge >= 0.3 is 0 Å². The predicted molar refractivity (Wildman–Crippen MR) is 108 cm³/mol. The van der Waals surface area contributed by atoms with Crippen molar-refractivity contribution in [2.75, 3.05) is 32.7 Å². The van der Waals surface area contributed by atoms with Gasteiger partial charge in [0.15, 0.2) is 5.69 Å². The van der Waals surface area contributed by atoms with Crippen LogP contribution >= 0.6 is 0 Å². The molecule has 4 rings (SSSR count). The first-order valence-electron chi connectivity index (χ1n) is 10.2. The molecular formula is C21H27N5O3. The van der Waals surface area contributed by atoms with Gasteiger partial charge in [0, 0.05) is 32.1 Å². The number of amides is 3. The third-order valence-electron chi connectivity index (χ3n) is 5.67. The summed E-state index contributed by atoms with van der Waals surface area (Å²) in [6.07, 6.45) is 0.649. The Hall–Kier alpha value is -2.90. The minimum absolute atomic E-state index is 0.0344. The molecule has 1 unspecified atom stereocenters. The summed E-state index contributed by atoms with van der Waals surface area (Å²) in [6.45, 7) is 5.94. The smallest absolute Gasteiger partial charge is 0.275 e. The molecule has 1 aromatic carbocycles. The Morgan fingerprint density at radius 3 is 2.72 bits per heavy atom. The zero-order chi connectivity index (χ0) is 20.7. The molecule has 0 spiro atoms. The molecule has 0 radical (unpaired) electrons. The molecule has 3 heterocycles. The number of carbonyl (C=O) groups is 3. The third-order valence-corrected chi connectivity index (χ3v) is 5.67. The van der Waals surface area contributed by atoms with Crippen LogP contribution in [-0.2, 0) is 16.6 Å². The van der Waals surface area contributed by atoms with E-state index in [0.717, 1.165) is 10.9 Å². The summed E-state index contributed by atoms with van der Waals surface area (Å²) >= 11 is 0. The number of rotatable bonds is 3. The standard InChI is InChI=1S/C21H27N5O3/c1-14(2)11-25-13-18(27)26-10-6-9-24(12-17(26)20(25)28)21(29)19-15-7-4-5-8-16(15)23(3)22-19/h4-5,7-8,14,17H,6,9-13H2,1-3H3. The van der Waals surface area contributed by atoms with Crippen molar-refractivity contribution in [2.24, 2.45) is 13.0 Å². The first-order chi connectivity index (χ1) is 13.9. The van der Waals surface area contributed by atoms with Crippen LogP contribution in [0, 0.1) is 5.92 Å². The average molecular weight is 397 g/mol. The summed E-state index contributed by atoms with van der Waals surface area (Å²) in [5.74, 6) is -0.0108. The van der Waals surface area contributed by atoms with E-state index >= 15 is 0 Å². The average Bonchev–Trinajstić information content (AvgIpc) is 2.87. The van der Waals surface area contributed by atoms with Crippen LogP contribution in [0.15, 0.2) is 24.3 Å². The largest absolute Gasteiger partial charge is 0.335 e. The molecule has 8 nitrogen and oxygen atoms in total. The highest BCUT2D eigenvalue weighted by Gasteiger charge is 2.42. The summed E-state index contributed by atoms with van der Waals surface area (Å²) < 4.78 is 1.70. The zero-order valence-corrected chi connectivity index (χ0v) is 17.2. The van der Waals surface area contributed by atoms with E-state index in [4.69, 9.17) is 0 Å². The molecule has 3 amide bonds. The van der Waals surface area contributed by atoms with E-state index in [2.05, 4.69) is 5.10 Å². The first kappa shape index (κ1) is 19.4. The number of aromatic nitrogens is 2. The van der Waals surface area contributed by atoms with E-state index in [1.165, 1.54) is 0 Å². The van der Waals surface area contributed by atoms with Crippen LogP contribution in [0.25, 0.3) is 10.9 Å². The number of aryl methyl sites for hydroxylation is 1. The Morgan fingerprint density at radius 2 is 1.97 bits per heavy atom. The van der Waals surface area contributed by atoms with Crippen LogP contribution in [0.5, 0.6) is 0 Å². The predicted octanol–water partition coefficient (Wildman–Crippen LogP) is 1.11. The maximum Gasteiger partial charge on any atom is 0.275 e. The van der Waals surface area contributed by atoms with Crippen LogP contribution in [-0.4, -0.2) is 81.0 Å². The fourth-order valence-electron chi connectivity index (χ4n) is 4.34. The van der Waals surface area contributed by atoms with Gasteiger partial charge in [0.2, 0.25) is 11.8 Å². The number of para-hydroxylation sites is 1. The Balaban J connectivity index is 1.62. The Labute approximate surface area is 170 Å². The lowest BCUT2D eigenvalue weighted by Gasteiger charge is -2.40. The second-order valence-corrected chi connectivity index (χ2v) is 8.31. The van der Waals surface area contributed by atoms with E-state index in [-0.39, 0.29) is 36.7 Å². The van der Waals surface area contributed by atoms with Gasteiger partial charge < -0.3 is 14.7 Å². The van der Waals surface area contributed by atoms with Crippen molar-refractivity contribution in [3.8, 4) is 0 Å². The lowest BCUT2D eigenvalue weighted by molar-refractivity contribution is -0.156. The van der Waals surface area contributed by atoms with Gasteiger partial charge in [0.1, 0.15) is 6.04 Å². The van der Waals surface area contributed by atoms with Gasteiger partial charge in [-0.25, -0.2) is 0 Å². The summed E-state index contributed by atoms with van der Waals surface area (Å²) in [7, 11) is 1.82. The van der Waals surface area contributed by atoms with Gasteiger partial charge in [-0.2, -0.15) is 5.10 Å². The molecule has 8 heteroatoms. The van der Waals surface area contributed by atoms with Crippen molar-refractivity contribution in [1.29, 1.82) is 0 Å². The number of hydrogen-bond donors (Lipinski definition) is 0. The highest BCUT2D eigenvalue weighted by molar-refractivity contribution is 6.05. The Kier molecular flexibility index (Phi) is 5.02. The summed E-state index contributed by atoms with van der Waals surface area (Å²) in [5.41, 5.74) is 1.28. The van der Waals surface area contributed by atoms with Crippen LogP contribution in [0.3, 0.4) is 0 Å². The fourth-order valence-corrected chi connectivity index (χ4v) is 4.34. The molecule has 29 heavy (non-hydrogen) atoms. The molecule has 0 N–H and O–H groups in total. The quantitative estimate of drug-likeness (QED) is 0.777. The van der Waals surface area contributed by atoms with Crippen LogP contribution in [0.4, 0.5) is 0 Å². The normalized spacial score (nSPS) is 20.4. The molecular weight excluding hydrogens is 370 g/mol. The molecule has 1 aromatic heterocycles. The minimum Gasteiger partial charge on any atom is -0.335 e. The van der Waals surface area contributed by atoms with E-state index in [1.807, 2.05) is 45.2 Å². The maximum atomic E-state index is 13.3. The molecule has 2 aliphatic rings. The highest BCUT2D eigenvalue weighted by Crippen LogP contribution is 2.23. The number of carbonyl (C=O) groups excluding carboxylic acids is 3. The SMILES string of the molecule is CC(C)CN1CC(=O)N2CCCN(C(=O)c3nn(C)c4ccccc34)CC2C1=O. The second kappa shape index (κ2) is 7.50. The number of nitrogens with zero attached hydrogens (tertiary/aromatic N) is 5. The van der Waals surface area contributed by atoms with Crippen LogP contribution in [0.2, 0.25) is 0 Å². The number of piperazine rings is 1. The number of fused-ring (bicyclic) bond motifs is 2. The molecule has 2 aliphatic heterocycles. The maximum absolute atomic E-state index is 13.3. The number of hydrogen-bond acceptors (Lipinski definition) is 4. The Bertz CT molecular complexity index is 966. The van der Waals surface area contributed by atoms with E-state index in [9.17, 15) is 14.4 Å². The summed E-state index contributed by atoms with van der Waals surface area (Å²) in [6, 6.07) is 7.00. The molecule has 0 bridgehead atoms. The fraction of sp³-hybridized carbons (Fsp3) is 0.524. The van der Waals surface area contributed by atoms with Gasteiger partial charge in [-0.1, -0.05) is 32.0 Å². The van der Waals surface area contributed by atoms with Crippen molar-refractivity contribution >= 4 is 28.6 Å². The third kappa shape index (κ3) is 3.47. The molecule has 2 saturated heterocycles. The molecule has 1 atom stereocenters. The zero-order valence-electron chi connectivity index (χ0n) is 17.2. The molecule has 0 aliphatic carbocycles. The van der Waals surface area contributed by atoms with Gasteiger partial charge in [0.25, 0.3) is 5.91 Å². The van der Waals surface area contributed by atoms with Crippen LogP contribution in [0.1, 0.15) is 30.8 Å². The molecule has 154 valence electrons. The van der Waals surface area contributed by atoms with Crippen LogP contribution < -0.4 is 0 Å². The molecule has 0 saturated carbocycles. The van der Waals surface area contributed by atoms with Crippen molar-refractivity contribution in [3.05, 3.63) is 30.0 Å². The Morgan fingerprint density at radius 1 is 1.21 bits per heavy atom. The monoisotopic (exact) mass is 397 g/mol. The second-order valence-electron chi connectivity index (χ2n) is 8.31. The van der Waals surface area contributed by atoms with Gasteiger partial charge in [-0.15, -0.1) is 0 Å². The van der Waals surface area contributed by atoms with E-state index < -0.39 is 6.04 Å². The van der Waals surface area contributed by atoms with Gasteiger partial charge in [-0.3, -0.25) is 19.1 Å². The number of benzene rings is 1. The van der Waals surface area contributed by atoms with Gasteiger partial charge in [-0.05, 0) is 18.4 Å².